The first-order valence-electron chi connectivity index (χ1n) is 3.85. The van der Waals surface area contributed by atoms with Gasteiger partial charge < -0.3 is 4.79 Å². The molecule has 0 aliphatic carbocycles. The number of allylic oxidation sites excluding steroid dienone is 1. The Hall–Kier alpha value is -0.920. The molecule has 11 heavy (non-hydrogen) atoms. The van der Waals surface area contributed by atoms with E-state index in [0.29, 0.717) is 6.42 Å². The molecule has 0 radical (unpaired) electrons. The normalized spacial score (nSPS) is 12.1. The lowest BCUT2D eigenvalue weighted by Gasteiger charge is -2.05. The molecule has 0 spiro atoms. The van der Waals surface area contributed by atoms with E-state index in [1.54, 1.807) is 6.08 Å². The molecule has 0 saturated carbocycles. The van der Waals surface area contributed by atoms with Gasteiger partial charge in [0, 0.05) is 18.8 Å². The summed E-state index contributed by atoms with van der Waals surface area (Å²) < 4.78 is 0. The molecule has 0 aromatic rings. The van der Waals surface area contributed by atoms with Gasteiger partial charge in [0.05, 0.1) is 0 Å². The minimum Gasteiger partial charge on any atom is -0.303 e. The SMILES string of the molecule is C=CC(CC=O)C(=O)CCC. The maximum atomic E-state index is 11.1. The highest BCUT2D eigenvalue weighted by Gasteiger charge is 2.11. The summed E-state index contributed by atoms with van der Waals surface area (Å²) in [5, 5.41) is 0. The standard InChI is InChI=1S/C9H14O2/c1-3-5-9(11)8(4-2)6-7-10/h4,7-8H,2-3,5-6H2,1H3. The summed E-state index contributed by atoms with van der Waals surface area (Å²) in [6, 6.07) is 0. The molecule has 1 atom stereocenters. The maximum absolute atomic E-state index is 11.1. The Balaban J connectivity index is 3.90. The molecule has 0 aliphatic heterocycles. The Bertz CT molecular complexity index is 150. The molecule has 0 aromatic heterocycles. The summed E-state index contributed by atoms with van der Waals surface area (Å²) >= 11 is 0. The number of Topliss-reactive ketones (excluding diaryl/α,β-unsaturated/α-hetero) is 1. The second-order valence-electron chi connectivity index (χ2n) is 2.46. The Labute approximate surface area is 67.3 Å². The van der Waals surface area contributed by atoms with Crippen LogP contribution in [0.25, 0.3) is 0 Å². The average Bonchev–Trinajstić information content (AvgIpc) is 2.00. The lowest BCUT2D eigenvalue weighted by Crippen LogP contribution is -2.11. The number of carbonyl (C=O) groups excluding carboxylic acids is 2. The molecular weight excluding hydrogens is 140 g/mol. The summed E-state index contributed by atoms with van der Waals surface area (Å²) in [6.07, 6.45) is 3.97. The van der Waals surface area contributed by atoms with E-state index in [0.717, 1.165) is 12.7 Å². The van der Waals surface area contributed by atoms with Crippen molar-refractivity contribution < 1.29 is 9.59 Å². The highest BCUT2D eigenvalue weighted by Crippen LogP contribution is 2.07. The summed E-state index contributed by atoms with van der Waals surface area (Å²) in [5.41, 5.74) is 0. The maximum Gasteiger partial charge on any atom is 0.140 e. The quantitative estimate of drug-likeness (QED) is 0.431. The van der Waals surface area contributed by atoms with Crippen molar-refractivity contribution in [3.05, 3.63) is 12.7 Å². The third-order valence-electron chi connectivity index (χ3n) is 1.54. The number of hydrogen-bond acceptors (Lipinski definition) is 2. The fraction of sp³-hybridized carbons (Fsp3) is 0.556. The lowest BCUT2D eigenvalue weighted by molar-refractivity contribution is -0.123. The van der Waals surface area contributed by atoms with E-state index >= 15 is 0 Å². The molecule has 62 valence electrons. The van der Waals surface area contributed by atoms with Gasteiger partial charge in [-0.05, 0) is 6.42 Å². The van der Waals surface area contributed by atoms with Crippen LogP contribution in [-0.2, 0) is 9.59 Å². The second kappa shape index (κ2) is 5.83. The van der Waals surface area contributed by atoms with Crippen LogP contribution in [0, 0.1) is 5.92 Å². The van der Waals surface area contributed by atoms with Crippen molar-refractivity contribution in [1.82, 2.24) is 0 Å². The van der Waals surface area contributed by atoms with Crippen LogP contribution >= 0.6 is 0 Å². The molecule has 1 unspecified atom stereocenters. The zero-order valence-corrected chi connectivity index (χ0v) is 6.88. The monoisotopic (exact) mass is 154 g/mol. The van der Waals surface area contributed by atoms with Crippen molar-refractivity contribution in [1.29, 1.82) is 0 Å². The van der Waals surface area contributed by atoms with Gasteiger partial charge in [0.2, 0.25) is 0 Å². The fourth-order valence-electron chi connectivity index (χ4n) is 0.895. The zero-order chi connectivity index (χ0) is 8.69. The number of aldehydes is 1. The van der Waals surface area contributed by atoms with Crippen LogP contribution in [0.5, 0.6) is 0 Å². The Morgan fingerprint density at radius 2 is 2.27 bits per heavy atom. The molecule has 0 bridgehead atoms. The summed E-state index contributed by atoms with van der Waals surface area (Å²) in [6.45, 7) is 5.45. The molecule has 0 saturated heterocycles. The molecule has 0 fully saturated rings. The first-order chi connectivity index (χ1) is 5.26. The topological polar surface area (TPSA) is 34.1 Å². The largest absolute Gasteiger partial charge is 0.303 e. The van der Waals surface area contributed by atoms with Crippen LogP contribution in [0.2, 0.25) is 0 Å². The van der Waals surface area contributed by atoms with Gasteiger partial charge in [-0.1, -0.05) is 13.0 Å². The van der Waals surface area contributed by atoms with E-state index in [-0.39, 0.29) is 18.1 Å². The van der Waals surface area contributed by atoms with Crippen molar-refractivity contribution >= 4 is 12.1 Å². The Kier molecular flexibility index (Phi) is 5.35. The predicted octanol–water partition coefficient (Wildman–Crippen LogP) is 1.75. The van der Waals surface area contributed by atoms with Gasteiger partial charge in [-0.2, -0.15) is 0 Å². The molecule has 2 heteroatoms. The molecule has 0 N–H and O–H groups in total. The van der Waals surface area contributed by atoms with Crippen molar-refractivity contribution in [2.24, 2.45) is 5.92 Å². The van der Waals surface area contributed by atoms with Crippen LogP contribution < -0.4 is 0 Å². The summed E-state index contributed by atoms with van der Waals surface area (Å²) in [4.78, 5) is 21.2. The number of ketones is 1. The Morgan fingerprint density at radius 1 is 1.64 bits per heavy atom. The third-order valence-corrected chi connectivity index (χ3v) is 1.54. The van der Waals surface area contributed by atoms with E-state index in [4.69, 9.17) is 0 Å². The van der Waals surface area contributed by atoms with Gasteiger partial charge in [-0.15, -0.1) is 6.58 Å². The molecule has 0 amide bonds. The number of rotatable bonds is 6. The van der Waals surface area contributed by atoms with Gasteiger partial charge in [0.1, 0.15) is 12.1 Å². The van der Waals surface area contributed by atoms with E-state index < -0.39 is 0 Å². The molecule has 0 rings (SSSR count). The Morgan fingerprint density at radius 3 is 2.64 bits per heavy atom. The van der Waals surface area contributed by atoms with Gasteiger partial charge in [-0.25, -0.2) is 0 Å². The van der Waals surface area contributed by atoms with E-state index in [2.05, 4.69) is 6.58 Å². The van der Waals surface area contributed by atoms with Gasteiger partial charge in [-0.3, -0.25) is 4.79 Å². The molecular formula is C9H14O2. The van der Waals surface area contributed by atoms with Crippen LogP contribution in [-0.4, -0.2) is 12.1 Å². The van der Waals surface area contributed by atoms with E-state index in [1.807, 2.05) is 6.92 Å². The molecule has 0 heterocycles. The minimum absolute atomic E-state index is 0.120. The van der Waals surface area contributed by atoms with Crippen molar-refractivity contribution in [2.75, 3.05) is 0 Å². The third kappa shape index (κ3) is 3.71. The molecule has 2 nitrogen and oxygen atoms in total. The van der Waals surface area contributed by atoms with E-state index in [9.17, 15) is 9.59 Å². The molecule has 0 aromatic carbocycles. The van der Waals surface area contributed by atoms with Crippen LogP contribution in [0.4, 0.5) is 0 Å². The van der Waals surface area contributed by atoms with E-state index in [1.165, 1.54) is 0 Å². The predicted molar refractivity (Wildman–Crippen MR) is 44.3 cm³/mol. The van der Waals surface area contributed by atoms with Crippen molar-refractivity contribution in [3.8, 4) is 0 Å². The lowest BCUT2D eigenvalue weighted by atomic mass is 9.98. The fourth-order valence-corrected chi connectivity index (χ4v) is 0.895. The van der Waals surface area contributed by atoms with Gasteiger partial charge in [0.25, 0.3) is 0 Å². The van der Waals surface area contributed by atoms with Crippen LogP contribution in [0.3, 0.4) is 0 Å². The highest BCUT2D eigenvalue weighted by atomic mass is 16.1. The van der Waals surface area contributed by atoms with Crippen LogP contribution in [0.15, 0.2) is 12.7 Å². The summed E-state index contributed by atoms with van der Waals surface area (Å²) in [5.74, 6) is -0.137. The second-order valence-corrected chi connectivity index (χ2v) is 2.46. The first-order valence-corrected chi connectivity index (χ1v) is 3.85. The average molecular weight is 154 g/mol. The minimum atomic E-state index is -0.257. The highest BCUT2D eigenvalue weighted by molar-refractivity contribution is 5.84. The smallest absolute Gasteiger partial charge is 0.140 e. The van der Waals surface area contributed by atoms with Gasteiger partial charge in [0.15, 0.2) is 0 Å². The zero-order valence-electron chi connectivity index (χ0n) is 6.88. The summed E-state index contributed by atoms with van der Waals surface area (Å²) in [7, 11) is 0. The molecule has 0 aliphatic rings. The van der Waals surface area contributed by atoms with Crippen molar-refractivity contribution in [2.45, 2.75) is 26.2 Å². The first kappa shape index (κ1) is 10.1. The number of hydrogen-bond donors (Lipinski definition) is 0. The van der Waals surface area contributed by atoms with Gasteiger partial charge >= 0.3 is 0 Å². The van der Waals surface area contributed by atoms with Crippen molar-refractivity contribution in [3.63, 3.8) is 0 Å². The number of carbonyl (C=O) groups is 2. The van der Waals surface area contributed by atoms with Crippen LogP contribution in [0.1, 0.15) is 26.2 Å².